The van der Waals surface area contributed by atoms with Gasteiger partial charge < -0.3 is 14.5 Å². The molecule has 5 nitrogen and oxygen atoms in total. The topological polar surface area (TPSA) is 64.4 Å². The van der Waals surface area contributed by atoms with E-state index >= 15 is 0 Å². The Morgan fingerprint density at radius 3 is 2.95 bits per heavy atom. The molecule has 19 heavy (non-hydrogen) atoms. The van der Waals surface area contributed by atoms with E-state index in [0.717, 1.165) is 11.3 Å². The molecular formula is C13H13ClN2O3. The van der Waals surface area contributed by atoms with Crippen LogP contribution in [-0.4, -0.2) is 18.1 Å². The number of nitrogens with one attached hydrogen (secondary N) is 1. The molecule has 0 aliphatic heterocycles. The number of aromatic nitrogens is 1. The minimum atomic E-state index is -0.498. The maximum atomic E-state index is 11.2. The van der Waals surface area contributed by atoms with Crippen molar-refractivity contribution in [2.45, 2.75) is 13.5 Å². The van der Waals surface area contributed by atoms with Gasteiger partial charge in [0.25, 0.3) is 0 Å². The van der Waals surface area contributed by atoms with Gasteiger partial charge in [-0.3, -0.25) is 0 Å². The first-order valence-electron chi connectivity index (χ1n) is 5.64. The number of carbonyl (C=O) groups excluding carboxylic acids is 1. The van der Waals surface area contributed by atoms with Crippen LogP contribution in [0, 0.1) is 6.92 Å². The molecule has 2 rings (SSSR count). The fourth-order valence-corrected chi connectivity index (χ4v) is 1.87. The van der Waals surface area contributed by atoms with E-state index < -0.39 is 5.97 Å². The van der Waals surface area contributed by atoms with Crippen LogP contribution in [-0.2, 0) is 11.3 Å². The number of aryl methyl sites for hydroxylation is 1. The van der Waals surface area contributed by atoms with Crippen LogP contribution in [0.15, 0.2) is 28.8 Å². The largest absolute Gasteiger partial charge is 0.463 e. The number of anilines is 1. The van der Waals surface area contributed by atoms with E-state index in [1.54, 1.807) is 18.3 Å². The summed E-state index contributed by atoms with van der Waals surface area (Å²) < 4.78 is 9.90. The maximum absolute atomic E-state index is 11.2. The zero-order chi connectivity index (χ0) is 13.8. The smallest absolute Gasteiger partial charge is 0.373 e. The van der Waals surface area contributed by atoms with Crippen LogP contribution in [0.5, 0.6) is 0 Å². The number of ether oxygens (including phenoxy) is 1. The van der Waals surface area contributed by atoms with Gasteiger partial charge in [0.2, 0.25) is 5.76 Å². The van der Waals surface area contributed by atoms with Gasteiger partial charge in [-0.15, -0.1) is 0 Å². The van der Waals surface area contributed by atoms with Crippen molar-refractivity contribution in [3.05, 3.63) is 46.6 Å². The second-order valence-corrected chi connectivity index (χ2v) is 4.26. The third kappa shape index (κ3) is 3.06. The summed E-state index contributed by atoms with van der Waals surface area (Å²) in [5.74, 6) is 0.287. The Morgan fingerprint density at radius 1 is 1.47 bits per heavy atom. The summed E-state index contributed by atoms with van der Waals surface area (Å²) in [7, 11) is 1.31. The van der Waals surface area contributed by atoms with Crippen molar-refractivity contribution < 1.29 is 13.9 Å². The Balaban J connectivity index is 2.07. The van der Waals surface area contributed by atoms with Gasteiger partial charge in [-0.2, -0.15) is 0 Å². The average Bonchev–Trinajstić information content (AvgIpc) is 2.86. The highest BCUT2D eigenvalue weighted by Gasteiger charge is 2.11. The molecule has 0 saturated heterocycles. The highest BCUT2D eigenvalue weighted by atomic mass is 35.5. The monoisotopic (exact) mass is 280 g/mol. The SMILES string of the molecule is COC(=O)c1ccc(CNc2c(C)ccnc2Cl)o1. The fraction of sp³-hybridized carbons (Fsp3) is 0.231. The summed E-state index contributed by atoms with van der Waals surface area (Å²) in [6.07, 6.45) is 1.64. The van der Waals surface area contributed by atoms with Crippen LogP contribution >= 0.6 is 11.6 Å². The van der Waals surface area contributed by atoms with Crippen LogP contribution < -0.4 is 5.32 Å². The Kier molecular flexibility index (Phi) is 4.06. The van der Waals surface area contributed by atoms with Crippen LogP contribution in [0.4, 0.5) is 5.69 Å². The van der Waals surface area contributed by atoms with Crippen molar-refractivity contribution in [3.63, 3.8) is 0 Å². The van der Waals surface area contributed by atoms with Gasteiger partial charge >= 0.3 is 5.97 Å². The number of esters is 1. The van der Waals surface area contributed by atoms with Gasteiger partial charge in [-0.1, -0.05) is 11.6 Å². The van der Waals surface area contributed by atoms with E-state index in [1.165, 1.54) is 7.11 Å². The third-order valence-corrected chi connectivity index (χ3v) is 2.89. The molecule has 1 N–H and O–H groups in total. The van der Waals surface area contributed by atoms with Gasteiger partial charge in [-0.25, -0.2) is 9.78 Å². The molecule has 0 spiro atoms. The van der Waals surface area contributed by atoms with Crippen LogP contribution in [0.3, 0.4) is 0 Å². The first-order chi connectivity index (χ1) is 9.11. The van der Waals surface area contributed by atoms with Crippen LogP contribution in [0.25, 0.3) is 0 Å². The molecule has 0 amide bonds. The Morgan fingerprint density at radius 2 is 2.26 bits per heavy atom. The number of hydrogen-bond donors (Lipinski definition) is 1. The molecule has 0 saturated carbocycles. The number of methoxy groups -OCH3 is 1. The lowest BCUT2D eigenvalue weighted by molar-refractivity contribution is 0.0563. The van der Waals surface area contributed by atoms with Crippen molar-refractivity contribution in [1.82, 2.24) is 4.98 Å². The molecule has 2 aromatic heterocycles. The van der Waals surface area contributed by atoms with Gasteiger partial charge in [0.05, 0.1) is 19.3 Å². The second kappa shape index (κ2) is 5.75. The Hall–Kier alpha value is -2.01. The molecule has 0 atom stereocenters. The van der Waals surface area contributed by atoms with Crippen molar-refractivity contribution in [3.8, 4) is 0 Å². The molecule has 0 radical (unpaired) electrons. The molecule has 6 heteroatoms. The molecule has 2 heterocycles. The normalized spacial score (nSPS) is 10.3. The molecule has 0 unspecified atom stereocenters. The van der Waals surface area contributed by atoms with Crippen molar-refractivity contribution >= 4 is 23.3 Å². The zero-order valence-electron chi connectivity index (χ0n) is 10.6. The lowest BCUT2D eigenvalue weighted by Gasteiger charge is -2.08. The number of halogens is 1. The number of furan rings is 1. The predicted molar refractivity (Wildman–Crippen MR) is 71.4 cm³/mol. The van der Waals surface area contributed by atoms with Crippen molar-refractivity contribution in [2.75, 3.05) is 12.4 Å². The second-order valence-electron chi connectivity index (χ2n) is 3.90. The van der Waals surface area contributed by atoms with Gasteiger partial charge in [0.15, 0.2) is 5.15 Å². The first-order valence-corrected chi connectivity index (χ1v) is 6.01. The van der Waals surface area contributed by atoms with Gasteiger partial charge in [0, 0.05) is 6.20 Å². The lowest BCUT2D eigenvalue weighted by atomic mass is 10.2. The molecule has 0 aromatic carbocycles. The van der Waals surface area contributed by atoms with E-state index in [4.69, 9.17) is 16.0 Å². The standard InChI is InChI=1S/C13H13ClN2O3/c1-8-5-6-15-12(14)11(8)16-7-9-3-4-10(19-9)13(17)18-2/h3-6,16H,7H2,1-2H3. The van der Waals surface area contributed by atoms with Gasteiger partial charge in [0.1, 0.15) is 5.76 Å². The molecule has 0 aliphatic carbocycles. The molecular weight excluding hydrogens is 268 g/mol. The molecule has 0 bridgehead atoms. The minimum absolute atomic E-state index is 0.174. The zero-order valence-corrected chi connectivity index (χ0v) is 11.3. The third-order valence-electron chi connectivity index (χ3n) is 2.60. The first kappa shape index (κ1) is 13.4. The number of pyridine rings is 1. The summed E-state index contributed by atoms with van der Waals surface area (Å²) in [5, 5.41) is 3.53. The summed E-state index contributed by atoms with van der Waals surface area (Å²) >= 11 is 6.00. The van der Waals surface area contributed by atoms with E-state index in [2.05, 4.69) is 15.0 Å². The molecule has 0 fully saturated rings. The fourth-order valence-electron chi connectivity index (χ4n) is 1.60. The summed E-state index contributed by atoms with van der Waals surface area (Å²) in [6, 6.07) is 5.13. The molecule has 100 valence electrons. The van der Waals surface area contributed by atoms with Crippen molar-refractivity contribution in [2.24, 2.45) is 0 Å². The Bertz CT molecular complexity index is 575. The average molecular weight is 281 g/mol. The van der Waals surface area contributed by atoms with Gasteiger partial charge in [-0.05, 0) is 30.7 Å². The number of carbonyl (C=O) groups is 1. The van der Waals surface area contributed by atoms with E-state index in [1.807, 2.05) is 13.0 Å². The Labute approximate surface area is 115 Å². The maximum Gasteiger partial charge on any atom is 0.373 e. The summed E-state index contributed by atoms with van der Waals surface area (Å²) in [4.78, 5) is 15.2. The van der Waals surface area contributed by atoms with Crippen molar-refractivity contribution in [1.29, 1.82) is 0 Å². The van der Waals surface area contributed by atoms with E-state index in [0.29, 0.717) is 17.5 Å². The van der Waals surface area contributed by atoms with Crippen LogP contribution in [0.1, 0.15) is 21.9 Å². The predicted octanol–water partition coefficient (Wildman–Crippen LogP) is 3.04. The summed E-state index contributed by atoms with van der Waals surface area (Å²) in [5.41, 5.74) is 1.74. The van der Waals surface area contributed by atoms with E-state index in [9.17, 15) is 4.79 Å². The molecule has 2 aromatic rings. The number of hydrogen-bond acceptors (Lipinski definition) is 5. The number of rotatable bonds is 4. The number of nitrogens with zero attached hydrogens (tertiary/aromatic N) is 1. The molecule has 0 aliphatic rings. The van der Waals surface area contributed by atoms with E-state index in [-0.39, 0.29) is 5.76 Å². The lowest BCUT2D eigenvalue weighted by Crippen LogP contribution is -2.02. The van der Waals surface area contributed by atoms with Crippen LogP contribution in [0.2, 0.25) is 5.15 Å². The highest BCUT2D eigenvalue weighted by Crippen LogP contribution is 2.23. The summed E-state index contributed by atoms with van der Waals surface area (Å²) in [6.45, 7) is 2.33. The minimum Gasteiger partial charge on any atom is -0.463 e. The quantitative estimate of drug-likeness (QED) is 0.689. The highest BCUT2D eigenvalue weighted by molar-refractivity contribution is 6.32.